The number of hydrogen-bond donors (Lipinski definition) is 2. The van der Waals surface area contributed by atoms with Gasteiger partial charge in [0.25, 0.3) is 5.91 Å². The predicted molar refractivity (Wildman–Crippen MR) is 87.5 cm³/mol. The maximum atomic E-state index is 11.8. The molecule has 7 nitrogen and oxygen atoms in total. The lowest BCUT2D eigenvalue weighted by Crippen LogP contribution is -2.25. The summed E-state index contributed by atoms with van der Waals surface area (Å²) in [6.45, 7) is 2.61. The van der Waals surface area contributed by atoms with E-state index < -0.39 is 0 Å². The Balaban J connectivity index is 2.07. The molecule has 1 amide bonds. The van der Waals surface area contributed by atoms with E-state index in [1.54, 1.807) is 38.5 Å². The van der Waals surface area contributed by atoms with Crippen LogP contribution in [0.15, 0.2) is 30.3 Å². The first-order valence-electron chi connectivity index (χ1n) is 7.29. The Kier molecular flexibility index (Phi) is 5.74. The monoisotopic (exact) mass is 316 g/mol. The van der Waals surface area contributed by atoms with Gasteiger partial charge in [-0.3, -0.25) is 4.79 Å². The lowest BCUT2D eigenvalue weighted by Gasteiger charge is -2.10. The summed E-state index contributed by atoms with van der Waals surface area (Å²) in [6.07, 6.45) is 0.873. The molecule has 0 atom stereocenters. The lowest BCUT2D eigenvalue weighted by molar-refractivity contribution is 0.0947. The van der Waals surface area contributed by atoms with Crippen LogP contribution in [0.1, 0.15) is 23.8 Å². The van der Waals surface area contributed by atoms with Crippen molar-refractivity contribution in [3.8, 4) is 11.5 Å². The third-order valence-corrected chi connectivity index (χ3v) is 3.09. The summed E-state index contributed by atoms with van der Waals surface area (Å²) in [7, 11) is 3.16. The maximum Gasteiger partial charge on any atom is 0.271 e. The zero-order valence-electron chi connectivity index (χ0n) is 13.4. The highest BCUT2D eigenvalue weighted by atomic mass is 16.5. The van der Waals surface area contributed by atoms with Gasteiger partial charge in [-0.1, -0.05) is 6.92 Å². The molecule has 2 N–H and O–H groups in total. The highest BCUT2D eigenvalue weighted by molar-refractivity contribution is 5.92. The number of carbonyl (C=O) groups is 1. The van der Waals surface area contributed by atoms with Crippen molar-refractivity contribution in [2.45, 2.75) is 13.3 Å². The minimum absolute atomic E-state index is 0.225. The Morgan fingerprint density at radius 3 is 2.48 bits per heavy atom. The van der Waals surface area contributed by atoms with E-state index >= 15 is 0 Å². The number of amides is 1. The third-order valence-electron chi connectivity index (χ3n) is 3.09. The predicted octanol–water partition coefficient (Wildman–Crippen LogP) is 2.38. The summed E-state index contributed by atoms with van der Waals surface area (Å²) in [6, 6.07) is 8.75. The van der Waals surface area contributed by atoms with Crippen LogP contribution in [-0.2, 0) is 0 Å². The molecule has 0 spiro atoms. The molecule has 0 saturated heterocycles. The standard InChI is InChI=1S/C16H20N4O3/c1-4-9-17-16(21)12-6-8-15(20-19-12)18-11-5-7-13(22-2)14(10-11)23-3/h5-8,10H,4,9H2,1-3H3,(H,17,21)(H,18,20). The average Bonchev–Trinajstić information content (AvgIpc) is 2.60. The number of aromatic nitrogens is 2. The van der Waals surface area contributed by atoms with Crippen molar-refractivity contribution in [3.63, 3.8) is 0 Å². The van der Waals surface area contributed by atoms with Crippen LogP contribution in [0.5, 0.6) is 11.5 Å². The second-order valence-electron chi connectivity index (χ2n) is 4.75. The normalized spacial score (nSPS) is 10.0. The van der Waals surface area contributed by atoms with E-state index in [-0.39, 0.29) is 11.6 Å². The van der Waals surface area contributed by atoms with Gasteiger partial charge in [0.2, 0.25) is 0 Å². The van der Waals surface area contributed by atoms with Crippen molar-refractivity contribution in [3.05, 3.63) is 36.0 Å². The van der Waals surface area contributed by atoms with Gasteiger partial charge in [-0.25, -0.2) is 0 Å². The number of ether oxygens (including phenoxy) is 2. The summed E-state index contributed by atoms with van der Waals surface area (Å²) >= 11 is 0. The highest BCUT2D eigenvalue weighted by Gasteiger charge is 2.08. The molecule has 0 bridgehead atoms. The van der Waals surface area contributed by atoms with E-state index in [0.717, 1.165) is 12.1 Å². The summed E-state index contributed by atoms with van der Waals surface area (Å²) < 4.78 is 10.4. The number of carbonyl (C=O) groups excluding carboxylic acids is 1. The molecule has 7 heteroatoms. The quantitative estimate of drug-likeness (QED) is 0.816. The van der Waals surface area contributed by atoms with Crippen molar-refractivity contribution in [1.29, 1.82) is 0 Å². The topological polar surface area (TPSA) is 85.4 Å². The zero-order chi connectivity index (χ0) is 16.7. The second-order valence-corrected chi connectivity index (χ2v) is 4.75. The van der Waals surface area contributed by atoms with Crippen molar-refractivity contribution < 1.29 is 14.3 Å². The largest absolute Gasteiger partial charge is 0.493 e. The summed E-state index contributed by atoms with van der Waals surface area (Å²) in [5, 5.41) is 13.8. The van der Waals surface area contributed by atoms with Gasteiger partial charge in [-0.15, -0.1) is 10.2 Å². The molecule has 0 aliphatic heterocycles. The Hall–Kier alpha value is -2.83. The second kappa shape index (κ2) is 7.98. The van der Waals surface area contributed by atoms with Crippen LogP contribution in [0.4, 0.5) is 11.5 Å². The van der Waals surface area contributed by atoms with Gasteiger partial charge in [0, 0.05) is 18.3 Å². The summed E-state index contributed by atoms with van der Waals surface area (Å²) in [5.74, 6) is 1.56. The number of benzene rings is 1. The van der Waals surface area contributed by atoms with Crippen molar-refractivity contribution in [1.82, 2.24) is 15.5 Å². The number of rotatable bonds is 7. The first-order valence-corrected chi connectivity index (χ1v) is 7.29. The smallest absolute Gasteiger partial charge is 0.271 e. The number of anilines is 2. The Bertz CT molecular complexity index is 659. The molecule has 0 aliphatic carbocycles. The van der Waals surface area contributed by atoms with E-state index in [2.05, 4.69) is 20.8 Å². The number of methoxy groups -OCH3 is 2. The Labute approximate surface area is 135 Å². The van der Waals surface area contributed by atoms with Gasteiger partial charge in [-0.05, 0) is 30.7 Å². The van der Waals surface area contributed by atoms with E-state index in [1.807, 2.05) is 13.0 Å². The molecule has 0 aliphatic rings. The van der Waals surface area contributed by atoms with Crippen molar-refractivity contribution >= 4 is 17.4 Å². The molecular weight excluding hydrogens is 296 g/mol. The molecule has 23 heavy (non-hydrogen) atoms. The van der Waals surface area contributed by atoms with Crippen LogP contribution in [0.25, 0.3) is 0 Å². The Morgan fingerprint density at radius 1 is 1.09 bits per heavy atom. The fourth-order valence-corrected chi connectivity index (χ4v) is 1.91. The molecule has 0 radical (unpaired) electrons. The molecule has 1 aromatic carbocycles. The van der Waals surface area contributed by atoms with Gasteiger partial charge >= 0.3 is 0 Å². The van der Waals surface area contributed by atoms with Crippen LogP contribution < -0.4 is 20.1 Å². The first kappa shape index (κ1) is 16.5. The fraction of sp³-hybridized carbons (Fsp3) is 0.312. The van der Waals surface area contributed by atoms with Gasteiger partial charge < -0.3 is 20.1 Å². The SMILES string of the molecule is CCCNC(=O)c1ccc(Nc2ccc(OC)c(OC)c2)nn1. The van der Waals surface area contributed by atoms with Gasteiger partial charge in [0.1, 0.15) is 0 Å². The molecular formula is C16H20N4O3. The third kappa shape index (κ3) is 4.32. The number of nitrogens with zero attached hydrogens (tertiary/aromatic N) is 2. The van der Waals surface area contributed by atoms with Gasteiger partial charge in [0.05, 0.1) is 14.2 Å². The van der Waals surface area contributed by atoms with E-state index in [4.69, 9.17) is 9.47 Å². The molecule has 2 aromatic rings. The fourth-order valence-electron chi connectivity index (χ4n) is 1.91. The van der Waals surface area contributed by atoms with Crippen molar-refractivity contribution in [2.24, 2.45) is 0 Å². The molecule has 1 aromatic heterocycles. The minimum Gasteiger partial charge on any atom is -0.493 e. The van der Waals surface area contributed by atoms with Gasteiger partial charge in [-0.2, -0.15) is 0 Å². The van der Waals surface area contributed by atoms with Gasteiger partial charge in [0.15, 0.2) is 23.0 Å². The molecule has 2 rings (SSSR count). The maximum absolute atomic E-state index is 11.8. The summed E-state index contributed by atoms with van der Waals surface area (Å²) in [4.78, 5) is 11.8. The lowest BCUT2D eigenvalue weighted by atomic mass is 10.2. The van der Waals surface area contributed by atoms with Crippen LogP contribution in [-0.4, -0.2) is 36.9 Å². The van der Waals surface area contributed by atoms with E-state index in [1.165, 1.54) is 0 Å². The first-order chi connectivity index (χ1) is 11.2. The number of nitrogens with one attached hydrogen (secondary N) is 2. The zero-order valence-corrected chi connectivity index (χ0v) is 13.4. The van der Waals surface area contributed by atoms with Crippen LogP contribution in [0.2, 0.25) is 0 Å². The van der Waals surface area contributed by atoms with Crippen LogP contribution in [0.3, 0.4) is 0 Å². The summed E-state index contributed by atoms with van der Waals surface area (Å²) in [5.41, 5.74) is 1.07. The average molecular weight is 316 g/mol. The van der Waals surface area contributed by atoms with Crippen LogP contribution >= 0.6 is 0 Å². The molecule has 0 saturated carbocycles. The number of hydrogen-bond acceptors (Lipinski definition) is 6. The Morgan fingerprint density at radius 2 is 1.87 bits per heavy atom. The van der Waals surface area contributed by atoms with E-state index in [9.17, 15) is 4.79 Å². The minimum atomic E-state index is -0.225. The molecule has 0 fully saturated rings. The van der Waals surface area contributed by atoms with Crippen LogP contribution in [0, 0.1) is 0 Å². The molecule has 0 unspecified atom stereocenters. The van der Waals surface area contributed by atoms with E-state index in [0.29, 0.717) is 23.9 Å². The van der Waals surface area contributed by atoms with Crippen molar-refractivity contribution in [2.75, 3.05) is 26.1 Å². The highest BCUT2D eigenvalue weighted by Crippen LogP contribution is 2.30. The molecule has 122 valence electrons. The molecule has 1 heterocycles.